The van der Waals surface area contributed by atoms with Gasteiger partial charge >= 0.3 is 17.9 Å². The molecule has 442 valence electrons. The van der Waals surface area contributed by atoms with E-state index < -0.39 is 6.10 Å². The molecule has 0 aliphatic carbocycles. The fourth-order valence-electron chi connectivity index (χ4n) is 9.83. The van der Waals surface area contributed by atoms with Gasteiger partial charge in [-0.3, -0.25) is 14.4 Å². The molecular formula is C70H126O6. The second-order valence-corrected chi connectivity index (χ2v) is 22.4. The maximum Gasteiger partial charge on any atom is 0.306 e. The quantitative estimate of drug-likeness (QED) is 0.0261. The number of rotatable bonds is 61. The molecule has 0 amide bonds. The molecule has 0 saturated carbocycles. The van der Waals surface area contributed by atoms with Crippen molar-refractivity contribution in [1.82, 2.24) is 0 Å². The highest BCUT2D eigenvalue weighted by Crippen LogP contribution is 2.18. The van der Waals surface area contributed by atoms with Gasteiger partial charge in [-0.25, -0.2) is 0 Å². The summed E-state index contributed by atoms with van der Waals surface area (Å²) in [6, 6.07) is 0. The molecule has 0 heterocycles. The van der Waals surface area contributed by atoms with Crippen LogP contribution in [0.5, 0.6) is 0 Å². The zero-order valence-corrected chi connectivity index (χ0v) is 50.8. The molecule has 0 fully saturated rings. The van der Waals surface area contributed by atoms with Crippen molar-refractivity contribution in [3.63, 3.8) is 0 Å². The summed E-state index contributed by atoms with van der Waals surface area (Å²) in [6.07, 6.45) is 82.4. The Hall–Kier alpha value is -2.89. The van der Waals surface area contributed by atoms with Gasteiger partial charge in [-0.15, -0.1) is 0 Å². The summed E-state index contributed by atoms with van der Waals surface area (Å²) in [6.45, 7) is 6.56. The van der Waals surface area contributed by atoms with Crippen LogP contribution < -0.4 is 0 Å². The normalized spacial score (nSPS) is 12.4. The zero-order valence-electron chi connectivity index (χ0n) is 50.8. The second kappa shape index (κ2) is 64.6. The molecular weight excluding hydrogens is 937 g/mol. The van der Waals surface area contributed by atoms with Gasteiger partial charge in [-0.05, 0) is 64.2 Å². The van der Waals surface area contributed by atoms with E-state index >= 15 is 0 Å². The van der Waals surface area contributed by atoms with Crippen molar-refractivity contribution >= 4 is 17.9 Å². The number of esters is 3. The van der Waals surface area contributed by atoms with Crippen LogP contribution in [0.3, 0.4) is 0 Å². The van der Waals surface area contributed by atoms with Crippen LogP contribution in [0.2, 0.25) is 0 Å². The minimum atomic E-state index is -0.790. The average Bonchev–Trinajstić information content (AvgIpc) is 3.42. The first-order chi connectivity index (χ1) is 37.5. The Kier molecular flexibility index (Phi) is 62.2. The largest absolute Gasteiger partial charge is 0.462 e. The third kappa shape index (κ3) is 62.0. The van der Waals surface area contributed by atoms with Crippen LogP contribution in [-0.2, 0) is 28.6 Å². The highest BCUT2D eigenvalue weighted by atomic mass is 16.6. The molecule has 0 spiro atoms. The SMILES string of the molecule is CC/C=C\C/C=C\C/C=C\C/C=C\C/C=C\CCCCCC(=O)OC(COC(=O)CCCCCCCCCCCCCCCCC)COC(=O)CCCCCCCCCCCCCCCCCCCCCCCCCC. The number of hydrogen-bond donors (Lipinski definition) is 0. The Balaban J connectivity index is 4.33. The lowest BCUT2D eigenvalue weighted by atomic mass is 10.0. The standard InChI is InChI=1S/C70H126O6/c1-4-7-10-13-16-19-22-25-28-30-32-33-34-35-36-38-39-42-45-48-51-54-57-60-63-69(72)75-66-67(65-74-68(71)62-59-56-53-50-47-44-41-27-24-21-18-15-12-9-6-3)76-70(73)64-61-58-55-52-49-46-43-40-37-31-29-26-23-20-17-14-11-8-5-2/h8,11,17,20,26,29,37,40,46,49,67H,4-7,9-10,12-16,18-19,21-25,27-28,30-36,38-39,41-45,47-48,50-66H2,1-3H3/b11-8-,20-17-,29-26-,40-37-,49-46-. The lowest BCUT2D eigenvalue weighted by Crippen LogP contribution is -2.30. The van der Waals surface area contributed by atoms with E-state index in [4.69, 9.17) is 14.2 Å². The van der Waals surface area contributed by atoms with Gasteiger partial charge in [0.05, 0.1) is 0 Å². The molecule has 0 aliphatic rings. The zero-order chi connectivity index (χ0) is 55.0. The number of ether oxygens (including phenoxy) is 3. The summed E-state index contributed by atoms with van der Waals surface area (Å²) in [4.78, 5) is 38.4. The summed E-state index contributed by atoms with van der Waals surface area (Å²) < 4.78 is 16.9. The van der Waals surface area contributed by atoms with Crippen molar-refractivity contribution in [2.75, 3.05) is 13.2 Å². The van der Waals surface area contributed by atoms with Gasteiger partial charge in [0, 0.05) is 19.3 Å². The molecule has 0 aromatic rings. The molecule has 6 heteroatoms. The molecule has 0 aliphatic heterocycles. The van der Waals surface area contributed by atoms with E-state index in [0.29, 0.717) is 19.3 Å². The first-order valence-electron chi connectivity index (χ1n) is 33.3. The maximum absolute atomic E-state index is 12.9. The predicted octanol–water partition coefficient (Wildman–Crippen LogP) is 22.7. The van der Waals surface area contributed by atoms with Crippen molar-refractivity contribution in [3.05, 3.63) is 60.8 Å². The Morgan fingerprint density at radius 2 is 0.513 bits per heavy atom. The molecule has 0 N–H and O–H groups in total. The summed E-state index contributed by atoms with van der Waals surface area (Å²) in [5.74, 6) is -0.893. The van der Waals surface area contributed by atoms with E-state index in [1.165, 1.54) is 212 Å². The van der Waals surface area contributed by atoms with Crippen LogP contribution in [0.1, 0.15) is 348 Å². The number of unbranched alkanes of at least 4 members (excludes halogenated alkanes) is 40. The fourth-order valence-corrected chi connectivity index (χ4v) is 9.83. The molecule has 0 aromatic heterocycles. The Morgan fingerprint density at radius 3 is 0.803 bits per heavy atom. The number of hydrogen-bond acceptors (Lipinski definition) is 6. The van der Waals surface area contributed by atoms with Crippen LogP contribution in [0.15, 0.2) is 60.8 Å². The molecule has 0 saturated heterocycles. The third-order valence-electron chi connectivity index (χ3n) is 14.8. The number of carbonyl (C=O) groups is 3. The molecule has 6 nitrogen and oxygen atoms in total. The van der Waals surface area contributed by atoms with Gasteiger partial charge in [0.25, 0.3) is 0 Å². The Bertz CT molecular complexity index is 1360. The lowest BCUT2D eigenvalue weighted by molar-refractivity contribution is -0.167. The number of allylic oxidation sites excluding steroid dienone is 10. The Labute approximate surface area is 472 Å². The first kappa shape index (κ1) is 73.1. The molecule has 1 atom stereocenters. The molecule has 0 aromatic carbocycles. The smallest absolute Gasteiger partial charge is 0.306 e. The van der Waals surface area contributed by atoms with E-state index in [0.717, 1.165) is 96.3 Å². The Morgan fingerprint density at radius 1 is 0.276 bits per heavy atom. The van der Waals surface area contributed by atoms with Gasteiger partial charge in [0.1, 0.15) is 13.2 Å². The maximum atomic E-state index is 12.9. The topological polar surface area (TPSA) is 78.9 Å². The molecule has 76 heavy (non-hydrogen) atoms. The van der Waals surface area contributed by atoms with E-state index in [-0.39, 0.29) is 31.1 Å². The summed E-state index contributed by atoms with van der Waals surface area (Å²) in [5.41, 5.74) is 0. The van der Waals surface area contributed by atoms with Gasteiger partial charge in [-0.1, -0.05) is 326 Å². The van der Waals surface area contributed by atoms with E-state index in [2.05, 4.69) is 81.5 Å². The summed E-state index contributed by atoms with van der Waals surface area (Å²) >= 11 is 0. The minimum absolute atomic E-state index is 0.0831. The molecule has 1 unspecified atom stereocenters. The van der Waals surface area contributed by atoms with Crippen molar-refractivity contribution in [2.24, 2.45) is 0 Å². The van der Waals surface area contributed by atoms with Gasteiger partial charge in [0.15, 0.2) is 6.10 Å². The van der Waals surface area contributed by atoms with E-state index in [9.17, 15) is 14.4 Å². The van der Waals surface area contributed by atoms with Crippen molar-refractivity contribution < 1.29 is 28.6 Å². The van der Waals surface area contributed by atoms with Gasteiger partial charge < -0.3 is 14.2 Å². The van der Waals surface area contributed by atoms with Gasteiger partial charge in [-0.2, -0.15) is 0 Å². The molecule has 0 rings (SSSR count). The molecule has 0 radical (unpaired) electrons. The van der Waals surface area contributed by atoms with E-state index in [1.807, 2.05) is 0 Å². The summed E-state index contributed by atoms with van der Waals surface area (Å²) in [7, 11) is 0. The monoisotopic (exact) mass is 1060 g/mol. The lowest BCUT2D eigenvalue weighted by Gasteiger charge is -2.18. The highest BCUT2D eigenvalue weighted by Gasteiger charge is 2.19. The average molecular weight is 1060 g/mol. The second-order valence-electron chi connectivity index (χ2n) is 22.4. The molecule has 0 bridgehead atoms. The summed E-state index contributed by atoms with van der Waals surface area (Å²) in [5, 5.41) is 0. The minimum Gasteiger partial charge on any atom is -0.462 e. The van der Waals surface area contributed by atoms with Crippen molar-refractivity contribution in [3.8, 4) is 0 Å². The van der Waals surface area contributed by atoms with E-state index in [1.54, 1.807) is 0 Å². The highest BCUT2D eigenvalue weighted by molar-refractivity contribution is 5.71. The van der Waals surface area contributed by atoms with Crippen LogP contribution in [-0.4, -0.2) is 37.2 Å². The van der Waals surface area contributed by atoms with Crippen molar-refractivity contribution in [1.29, 1.82) is 0 Å². The first-order valence-corrected chi connectivity index (χ1v) is 33.3. The fraction of sp³-hybridized carbons (Fsp3) is 0.814. The van der Waals surface area contributed by atoms with Crippen LogP contribution in [0.25, 0.3) is 0 Å². The van der Waals surface area contributed by atoms with Crippen LogP contribution >= 0.6 is 0 Å². The van der Waals surface area contributed by atoms with Crippen molar-refractivity contribution in [2.45, 2.75) is 354 Å². The van der Waals surface area contributed by atoms with Gasteiger partial charge in [0.2, 0.25) is 0 Å². The third-order valence-corrected chi connectivity index (χ3v) is 14.8. The van der Waals surface area contributed by atoms with Crippen LogP contribution in [0, 0.1) is 0 Å². The predicted molar refractivity (Wildman–Crippen MR) is 330 cm³/mol. The number of carbonyl (C=O) groups excluding carboxylic acids is 3. The van der Waals surface area contributed by atoms with Crippen LogP contribution in [0.4, 0.5) is 0 Å².